The molecule has 0 unspecified atom stereocenters. The Morgan fingerprint density at radius 1 is 1.00 bits per heavy atom. The summed E-state index contributed by atoms with van der Waals surface area (Å²) in [7, 11) is 0. The lowest BCUT2D eigenvalue weighted by molar-refractivity contribution is 0.193. The van der Waals surface area contributed by atoms with Crippen molar-refractivity contribution in [1.82, 2.24) is 9.88 Å². The third kappa shape index (κ3) is 3.68. The van der Waals surface area contributed by atoms with Gasteiger partial charge in [0.05, 0.1) is 6.04 Å². The van der Waals surface area contributed by atoms with Crippen molar-refractivity contribution >= 4 is 34.2 Å². The van der Waals surface area contributed by atoms with E-state index in [1.54, 1.807) is 0 Å². The first-order valence-corrected chi connectivity index (χ1v) is 10.9. The zero-order valence-electron chi connectivity index (χ0n) is 17.6. The predicted octanol–water partition coefficient (Wildman–Crippen LogP) is 6.62. The van der Waals surface area contributed by atoms with Crippen molar-refractivity contribution in [3.63, 3.8) is 0 Å². The zero-order chi connectivity index (χ0) is 21.5. The van der Waals surface area contributed by atoms with Gasteiger partial charge in [0.1, 0.15) is 0 Å². The molecule has 5 rings (SSSR count). The first-order chi connectivity index (χ1) is 15.0. The van der Waals surface area contributed by atoms with Gasteiger partial charge < -0.3 is 15.2 Å². The number of halogens is 1. The summed E-state index contributed by atoms with van der Waals surface area (Å²) >= 11 is 6.28. The topological polar surface area (TPSA) is 48.1 Å². The Morgan fingerprint density at radius 2 is 1.68 bits per heavy atom. The van der Waals surface area contributed by atoms with Crippen molar-refractivity contribution in [3.8, 4) is 0 Å². The number of hydrogen-bond donors (Lipinski definition) is 2. The van der Waals surface area contributed by atoms with Crippen LogP contribution in [0.5, 0.6) is 0 Å². The normalized spacial score (nSPS) is 15.7. The van der Waals surface area contributed by atoms with Crippen LogP contribution in [0.25, 0.3) is 10.9 Å². The number of nitrogens with one attached hydrogen (secondary N) is 2. The smallest absolute Gasteiger partial charge is 0.322 e. The number of fused-ring (bicyclic) bond motifs is 3. The molecule has 2 N–H and O–H groups in total. The van der Waals surface area contributed by atoms with Crippen LogP contribution in [0.15, 0.2) is 66.7 Å². The molecule has 0 fully saturated rings. The van der Waals surface area contributed by atoms with E-state index in [4.69, 9.17) is 11.6 Å². The number of H-pyrrole nitrogens is 1. The Hall–Kier alpha value is -3.24. The van der Waals surface area contributed by atoms with E-state index in [-0.39, 0.29) is 12.1 Å². The summed E-state index contributed by atoms with van der Waals surface area (Å²) in [4.78, 5) is 18.9. The fourth-order valence-corrected chi connectivity index (χ4v) is 4.58. The Bertz CT molecular complexity index is 1260. The van der Waals surface area contributed by atoms with Crippen LogP contribution in [-0.2, 0) is 6.42 Å². The van der Waals surface area contributed by atoms with Gasteiger partial charge in [0.15, 0.2) is 0 Å². The number of hydrogen-bond acceptors (Lipinski definition) is 1. The number of rotatable bonds is 2. The molecule has 4 aromatic rings. The van der Waals surface area contributed by atoms with Crippen LogP contribution < -0.4 is 5.32 Å². The summed E-state index contributed by atoms with van der Waals surface area (Å²) in [6.45, 7) is 4.74. The van der Waals surface area contributed by atoms with Gasteiger partial charge in [-0.05, 0) is 61.7 Å². The van der Waals surface area contributed by atoms with E-state index in [1.807, 2.05) is 54.3 Å². The summed E-state index contributed by atoms with van der Waals surface area (Å²) in [5.74, 6) is 0. The number of amides is 2. The van der Waals surface area contributed by atoms with E-state index in [0.29, 0.717) is 6.54 Å². The van der Waals surface area contributed by atoms with Gasteiger partial charge in [-0.3, -0.25) is 0 Å². The second-order valence-electron chi connectivity index (χ2n) is 8.26. The van der Waals surface area contributed by atoms with Crippen LogP contribution >= 0.6 is 11.6 Å². The van der Waals surface area contributed by atoms with Crippen molar-refractivity contribution in [1.29, 1.82) is 0 Å². The first kappa shape index (κ1) is 19.7. The predicted molar refractivity (Wildman–Crippen MR) is 127 cm³/mol. The number of carbonyl (C=O) groups excluding carboxylic acids is 1. The fourth-order valence-electron chi connectivity index (χ4n) is 4.41. The molecular formula is C26H24ClN3O. The molecule has 156 valence electrons. The molecule has 0 saturated heterocycles. The van der Waals surface area contributed by atoms with Crippen LogP contribution in [0.4, 0.5) is 10.5 Å². The molecule has 1 aliphatic heterocycles. The van der Waals surface area contributed by atoms with E-state index in [1.165, 1.54) is 11.1 Å². The lowest BCUT2D eigenvalue weighted by Gasteiger charge is -2.36. The zero-order valence-corrected chi connectivity index (χ0v) is 18.3. The maximum absolute atomic E-state index is 13.4. The molecule has 4 nitrogen and oxygen atoms in total. The molecule has 0 radical (unpaired) electrons. The van der Waals surface area contributed by atoms with E-state index < -0.39 is 0 Å². The van der Waals surface area contributed by atoms with Crippen LogP contribution in [0, 0.1) is 13.8 Å². The van der Waals surface area contributed by atoms with Gasteiger partial charge in [-0.25, -0.2) is 4.79 Å². The molecule has 1 atom stereocenters. The van der Waals surface area contributed by atoms with Crippen molar-refractivity contribution in [2.24, 2.45) is 0 Å². The van der Waals surface area contributed by atoms with Gasteiger partial charge in [0, 0.05) is 33.9 Å². The number of nitrogens with zero attached hydrogens (tertiary/aromatic N) is 1. The van der Waals surface area contributed by atoms with Crippen LogP contribution in [0.2, 0.25) is 5.02 Å². The average molecular weight is 430 g/mol. The Balaban J connectivity index is 1.58. The van der Waals surface area contributed by atoms with Gasteiger partial charge in [-0.2, -0.15) is 0 Å². The summed E-state index contributed by atoms with van der Waals surface area (Å²) in [6, 6.07) is 21.9. The Labute approximate surface area is 186 Å². The third-order valence-electron chi connectivity index (χ3n) is 6.05. The number of aromatic nitrogens is 1. The number of aromatic amines is 1. The quantitative estimate of drug-likeness (QED) is 0.369. The third-order valence-corrected chi connectivity index (χ3v) is 6.28. The summed E-state index contributed by atoms with van der Waals surface area (Å²) in [6.07, 6.45) is 0.777. The number of urea groups is 1. The maximum Gasteiger partial charge on any atom is 0.322 e. The number of benzene rings is 3. The highest BCUT2D eigenvalue weighted by Gasteiger charge is 2.34. The summed E-state index contributed by atoms with van der Waals surface area (Å²) in [5.41, 5.74) is 7.59. The Kier molecular flexibility index (Phi) is 4.95. The number of anilines is 1. The molecule has 1 aromatic heterocycles. The van der Waals surface area contributed by atoms with Gasteiger partial charge in [-0.1, -0.05) is 59.1 Å². The van der Waals surface area contributed by atoms with Crippen molar-refractivity contribution in [3.05, 3.63) is 99.7 Å². The molecule has 3 aromatic carbocycles. The SMILES string of the molecule is Cc1ccc(NC(=O)N2CCc3c([nH]c4ccc(Cl)cc34)[C@H]2c2ccc(C)cc2)cc1. The fraction of sp³-hybridized carbons (Fsp3) is 0.192. The van der Waals surface area contributed by atoms with Gasteiger partial charge in [0.25, 0.3) is 0 Å². The molecule has 2 heterocycles. The molecule has 1 aliphatic rings. The van der Waals surface area contributed by atoms with E-state index in [9.17, 15) is 4.79 Å². The second-order valence-corrected chi connectivity index (χ2v) is 8.70. The molecular weight excluding hydrogens is 406 g/mol. The second kappa shape index (κ2) is 7.78. The van der Waals surface area contributed by atoms with E-state index in [2.05, 4.69) is 41.5 Å². The molecule has 0 spiro atoms. The molecule has 0 aliphatic carbocycles. The number of carbonyl (C=O) groups is 1. The first-order valence-electron chi connectivity index (χ1n) is 10.5. The van der Waals surface area contributed by atoms with Crippen molar-refractivity contribution in [2.75, 3.05) is 11.9 Å². The minimum atomic E-state index is -0.194. The van der Waals surface area contributed by atoms with Gasteiger partial charge >= 0.3 is 6.03 Å². The lowest BCUT2D eigenvalue weighted by atomic mass is 9.92. The van der Waals surface area contributed by atoms with E-state index >= 15 is 0 Å². The van der Waals surface area contributed by atoms with Gasteiger partial charge in [-0.15, -0.1) is 0 Å². The molecule has 0 bridgehead atoms. The highest BCUT2D eigenvalue weighted by molar-refractivity contribution is 6.31. The minimum absolute atomic E-state index is 0.100. The van der Waals surface area contributed by atoms with Crippen LogP contribution in [-0.4, -0.2) is 22.5 Å². The average Bonchev–Trinajstić information content (AvgIpc) is 3.13. The molecule has 5 heteroatoms. The highest BCUT2D eigenvalue weighted by Crippen LogP contribution is 2.39. The standard InChI is InChI=1S/C26H24ClN3O/c1-16-3-7-18(8-4-16)25-24-21(22-15-19(27)9-12-23(22)29-24)13-14-30(25)26(31)28-20-10-5-17(2)6-11-20/h3-12,15,25,29H,13-14H2,1-2H3,(H,28,31)/t25-/m1/s1. The minimum Gasteiger partial charge on any atom is -0.356 e. The van der Waals surface area contributed by atoms with Crippen LogP contribution in [0.1, 0.15) is 34.0 Å². The van der Waals surface area contributed by atoms with Crippen LogP contribution in [0.3, 0.4) is 0 Å². The number of aryl methyl sites for hydroxylation is 2. The summed E-state index contributed by atoms with van der Waals surface area (Å²) < 4.78 is 0. The lowest BCUT2D eigenvalue weighted by Crippen LogP contribution is -2.43. The summed E-state index contributed by atoms with van der Waals surface area (Å²) in [5, 5.41) is 4.94. The molecule has 2 amide bonds. The van der Waals surface area contributed by atoms with Gasteiger partial charge in [0.2, 0.25) is 0 Å². The monoisotopic (exact) mass is 429 g/mol. The van der Waals surface area contributed by atoms with Crippen molar-refractivity contribution < 1.29 is 4.79 Å². The van der Waals surface area contributed by atoms with Crippen molar-refractivity contribution in [2.45, 2.75) is 26.3 Å². The highest BCUT2D eigenvalue weighted by atomic mass is 35.5. The Morgan fingerprint density at radius 3 is 2.39 bits per heavy atom. The maximum atomic E-state index is 13.4. The molecule has 31 heavy (non-hydrogen) atoms. The molecule has 0 saturated carbocycles. The van der Waals surface area contributed by atoms with E-state index in [0.717, 1.165) is 44.9 Å². The largest absolute Gasteiger partial charge is 0.356 e.